The smallest absolute Gasteiger partial charge is 0.167 e. The normalized spacial score (nSPS) is 10.1. The molecular formula is C12H9F2NO. The number of nitrogen functional groups attached to an aromatic ring is 1. The molecule has 0 aliphatic carbocycles. The Morgan fingerprint density at radius 3 is 2.50 bits per heavy atom. The van der Waals surface area contributed by atoms with Crippen molar-refractivity contribution < 1.29 is 13.5 Å². The number of nitrogens with two attached hydrogens (primary N) is 1. The molecule has 0 saturated heterocycles. The van der Waals surface area contributed by atoms with Crippen LogP contribution in [0.15, 0.2) is 42.5 Å². The maximum Gasteiger partial charge on any atom is 0.167 e. The molecule has 0 fully saturated rings. The van der Waals surface area contributed by atoms with Crippen molar-refractivity contribution >= 4 is 5.69 Å². The summed E-state index contributed by atoms with van der Waals surface area (Å²) in [4.78, 5) is 0. The van der Waals surface area contributed by atoms with Crippen molar-refractivity contribution in [2.75, 3.05) is 5.73 Å². The van der Waals surface area contributed by atoms with Crippen molar-refractivity contribution in [2.24, 2.45) is 0 Å². The highest BCUT2D eigenvalue weighted by atomic mass is 19.1. The fourth-order valence-corrected chi connectivity index (χ4v) is 1.26. The van der Waals surface area contributed by atoms with E-state index >= 15 is 0 Å². The van der Waals surface area contributed by atoms with E-state index in [1.54, 1.807) is 6.07 Å². The molecule has 4 heteroatoms. The third-order valence-electron chi connectivity index (χ3n) is 1.98. The van der Waals surface area contributed by atoms with Crippen LogP contribution in [0.5, 0.6) is 11.5 Å². The zero-order valence-electron chi connectivity index (χ0n) is 8.28. The van der Waals surface area contributed by atoms with Crippen molar-refractivity contribution in [3.05, 3.63) is 54.1 Å². The molecule has 2 aromatic carbocycles. The van der Waals surface area contributed by atoms with Crippen molar-refractivity contribution in [3.63, 3.8) is 0 Å². The summed E-state index contributed by atoms with van der Waals surface area (Å²) in [6.07, 6.45) is 0. The van der Waals surface area contributed by atoms with E-state index in [-0.39, 0.29) is 11.5 Å². The van der Waals surface area contributed by atoms with Gasteiger partial charge in [0.1, 0.15) is 11.6 Å². The van der Waals surface area contributed by atoms with Crippen LogP contribution in [0.3, 0.4) is 0 Å². The van der Waals surface area contributed by atoms with Gasteiger partial charge in [0.25, 0.3) is 0 Å². The predicted octanol–water partition coefficient (Wildman–Crippen LogP) is 3.34. The van der Waals surface area contributed by atoms with E-state index in [2.05, 4.69) is 0 Å². The number of hydrogen-bond acceptors (Lipinski definition) is 2. The molecule has 2 rings (SSSR count). The van der Waals surface area contributed by atoms with E-state index in [4.69, 9.17) is 10.5 Å². The molecule has 0 bridgehead atoms. The van der Waals surface area contributed by atoms with Gasteiger partial charge in [0, 0.05) is 17.8 Å². The van der Waals surface area contributed by atoms with Gasteiger partial charge in [-0.25, -0.2) is 8.78 Å². The molecule has 0 aromatic heterocycles. The molecule has 82 valence electrons. The van der Waals surface area contributed by atoms with E-state index in [0.29, 0.717) is 5.69 Å². The highest BCUT2D eigenvalue weighted by Crippen LogP contribution is 2.25. The lowest BCUT2D eigenvalue weighted by atomic mass is 10.3. The Balaban J connectivity index is 2.27. The molecule has 0 unspecified atom stereocenters. The highest BCUT2D eigenvalue weighted by Gasteiger charge is 2.05. The third kappa shape index (κ3) is 2.28. The maximum atomic E-state index is 13.3. The Morgan fingerprint density at radius 2 is 1.81 bits per heavy atom. The van der Waals surface area contributed by atoms with Gasteiger partial charge in [-0.2, -0.15) is 0 Å². The van der Waals surface area contributed by atoms with E-state index in [1.807, 2.05) is 0 Å². The molecule has 0 saturated carbocycles. The largest absolute Gasteiger partial charge is 0.454 e. The summed E-state index contributed by atoms with van der Waals surface area (Å²) in [5, 5.41) is 0. The second-order valence-corrected chi connectivity index (χ2v) is 3.25. The summed E-state index contributed by atoms with van der Waals surface area (Å²) in [5.74, 6) is -0.763. The summed E-state index contributed by atoms with van der Waals surface area (Å²) in [7, 11) is 0. The average Bonchev–Trinajstić information content (AvgIpc) is 2.22. The number of halogens is 2. The number of benzene rings is 2. The summed E-state index contributed by atoms with van der Waals surface area (Å²) >= 11 is 0. The lowest BCUT2D eigenvalue weighted by molar-refractivity contribution is 0.439. The number of rotatable bonds is 2. The number of hydrogen-bond donors (Lipinski definition) is 1. The SMILES string of the molecule is Nc1ccc(Oc2cccc(F)c2)c(F)c1. The third-order valence-corrected chi connectivity index (χ3v) is 1.98. The second-order valence-electron chi connectivity index (χ2n) is 3.25. The van der Waals surface area contributed by atoms with Gasteiger partial charge in [0.05, 0.1) is 0 Å². The van der Waals surface area contributed by atoms with Gasteiger partial charge < -0.3 is 10.5 Å². The summed E-state index contributed by atoms with van der Waals surface area (Å²) in [6.45, 7) is 0. The minimum Gasteiger partial charge on any atom is -0.454 e. The molecule has 0 amide bonds. The van der Waals surface area contributed by atoms with Gasteiger partial charge in [-0.1, -0.05) is 6.07 Å². The molecule has 2 N–H and O–H groups in total. The van der Waals surface area contributed by atoms with Crippen LogP contribution in [0.2, 0.25) is 0 Å². The maximum absolute atomic E-state index is 13.3. The van der Waals surface area contributed by atoms with Gasteiger partial charge in [-0.3, -0.25) is 0 Å². The first-order valence-corrected chi connectivity index (χ1v) is 4.63. The summed E-state index contributed by atoms with van der Waals surface area (Å²) in [5.41, 5.74) is 5.70. The van der Waals surface area contributed by atoms with Crippen molar-refractivity contribution in [2.45, 2.75) is 0 Å². The van der Waals surface area contributed by atoms with Crippen molar-refractivity contribution in [1.82, 2.24) is 0 Å². The van der Waals surface area contributed by atoms with E-state index < -0.39 is 11.6 Å². The molecule has 0 heterocycles. The monoisotopic (exact) mass is 221 g/mol. The van der Waals surface area contributed by atoms with Crippen LogP contribution in [-0.2, 0) is 0 Å². The molecule has 0 aliphatic heterocycles. The standard InChI is InChI=1S/C12H9F2NO/c13-8-2-1-3-10(6-8)16-12-5-4-9(15)7-11(12)14/h1-7H,15H2. The van der Waals surface area contributed by atoms with Gasteiger partial charge in [-0.05, 0) is 24.3 Å². The number of anilines is 1. The van der Waals surface area contributed by atoms with Gasteiger partial charge >= 0.3 is 0 Å². The molecule has 2 aromatic rings. The van der Waals surface area contributed by atoms with E-state index in [9.17, 15) is 8.78 Å². The van der Waals surface area contributed by atoms with Crippen LogP contribution in [0, 0.1) is 11.6 Å². The first-order chi connectivity index (χ1) is 7.65. The fourth-order valence-electron chi connectivity index (χ4n) is 1.26. The lowest BCUT2D eigenvalue weighted by Gasteiger charge is -2.06. The first-order valence-electron chi connectivity index (χ1n) is 4.63. The summed E-state index contributed by atoms with van der Waals surface area (Å²) < 4.78 is 31.4. The Labute approximate surface area is 91.3 Å². The predicted molar refractivity (Wildman–Crippen MR) is 57.3 cm³/mol. The minimum absolute atomic E-state index is 0.0137. The molecular weight excluding hydrogens is 212 g/mol. The van der Waals surface area contributed by atoms with Crippen LogP contribution >= 0.6 is 0 Å². The van der Waals surface area contributed by atoms with Gasteiger partial charge in [0.15, 0.2) is 11.6 Å². The van der Waals surface area contributed by atoms with Gasteiger partial charge in [-0.15, -0.1) is 0 Å². The van der Waals surface area contributed by atoms with Crippen LogP contribution in [-0.4, -0.2) is 0 Å². The molecule has 0 atom stereocenters. The fraction of sp³-hybridized carbons (Fsp3) is 0. The topological polar surface area (TPSA) is 35.2 Å². The molecule has 0 spiro atoms. The highest BCUT2D eigenvalue weighted by molar-refractivity contribution is 5.44. The first kappa shape index (κ1) is 10.4. The van der Waals surface area contributed by atoms with E-state index in [0.717, 1.165) is 6.07 Å². The molecule has 0 aliphatic rings. The Hall–Kier alpha value is -2.10. The summed E-state index contributed by atoms with van der Waals surface area (Å²) in [6, 6.07) is 9.54. The van der Waals surface area contributed by atoms with Crippen LogP contribution < -0.4 is 10.5 Å². The molecule has 16 heavy (non-hydrogen) atoms. The average molecular weight is 221 g/mol. The zero-order chi connectivity index (χ0) is 11.5. The zero-order valence-corrected chi connectivity index (χ0v) is 8.28. The lowest BCUT2D eigenvalue weighted by Crippen LogP contribution is -1.91. The Morgan fingerprint density at radius 1 is 1.00 bits per heavy atom. The Bertz CT molecular complexity index is 514. The minimum atomic E-state index is -0.579. The van der Waals surface area contributed by atoms with Gasteiger partial charge in [0.2, 0.25) is 0 Å². The molecule has 2 nitrogen and oxygen atoms in total. The van der Waals surface area contributed by atoms with E-state index in [1.165, 1.54) is 30.3 Å². The van der Waals surface area contributed by atoms with Crippen LogP contribution in [0.25, 0.3) is 0 Å². The van der Waals surface area contributed by atoms with Crippen molar-refractivity contribution in [3.8, 4) is 11.5 Å². The van der Waals surface area contributed by atoms with Crippen molar-refractivity contribution in [1.29, 1.82) is 0 Å². The van der Waals surface area contributed by atoms with Crippen LogP contribution in [0.1, 0.15) is 0 Å². The molecule has 0 radical (unpaired) electrons. The van der Waals surface area contributed by atoms with Crippen LogP contribution in [0.4, 0.5) is 14.5 Å². The number of ether oxygens (including phenoxy) is 1. The quantitative estimate of drug-likeness (QED) is 0.789. The second kappa shape index (κ2) is 4.18. The Kier molecular flexibility index (Phi) is 2.72.